The van der Waals surface area contributed by atoms with Crippen LogP contribution in [0.3, 0.4) is 0 Å². The summed E-state index contributed by atoms with van der Waals surface area (Å²) in [7, 11) is -4.02. The van der Waals surface area contributed by atoms with Gasteiger partial charge in [0.1, 0.15) is 0 Å². The predicted octanol–water partition coefficient (Wildman–Crippen LogP) is 5.34. The topological polar surface area (TPSA) is 185 Å². The Morgan fingerprint density at radius 1 is 0.574 bits per heavy atom. The van der Waals surface area contributed by atoms with Gasteiger partial charge >= 0.3 is 0 Å². The van der Waals surface area contributed by atoms with E-state index in [2.05, 4.69) is 10.6 Å². The maximum atomic E-state index is 13.5. The van der Waals surface area contributed by atoms with E-state index in [0.29, 0.717) is 69.3 Å². The van der Waals surface area contributed by atoms with Crippen molar-refractivity contribution in [2.24, 2.45) is 0 Å². The standard InChI is InChI=1S/C32H26Cl2N4O4.C7H8O3S.H2O/c33-25-7-3-1-5-19(25)17-35-13-15-37-29(39)21-9-11-23-28-24(12-10-22(27(21)28)30(37)40)32(42)38(31(23)41)16-14-36-18-20-6-2-4-8-26(20)34;1-6-2-4-7(5-3-6)11(8,9)10;/h1-12,35-36H,13-18H2;2-5H,1H3,(H,8,9,10);1H2. The van der Waals surface area contributed by atoms with Gasteiger partial charge in [0.2, 0.25) is 0 Å². The van der Waals surface area contributed by atoms with E-state index < -0.39 is 33.7 Å². The average molecular weight is 792 g/mol. The van der Waals surface area contributed by atoms with Crippen LogP contribution in [0.1, 0.15) is 58.1 Å². The Hall–Kier alpha value is -4.99. The summed E-state index contributed by atoms with van der Waals surface area (Å²) in [5, 5.41) is 8.45. The van der Waals surface area contributed by atoms with Crippen LogP contribution < -0.4 is 10.6 Å². The number of hydrogen-bond acceptors (Lipinski definition) is 8. The summed E-state index contributed by atoms with van der Waals surface area (Å²) in [6.07, 6.45) is 0. The van der Waals surface area contributed by atoms with Gasteiger partial charge in [-0.15, -0.1) is 0 Å². The number of amides is 4. The van der Waals surface area contributed by atoms with Gasteiger partial charge in [-0.2, -0.15) is 8.42 Å². The van der Waals surface area contributed by atoms with Crippen molar-refractivity contribution in [3.63, 3.8) is 0 Å². The van der Waals surface area contributed by atoms with Crippen molar-refractivity contribution in [3.8, 4) is 0 Å². The normalized spacial score (nSPS) is 13.5. The Balaban J connectivity index is 0.000000403. The van der Waals surface area contributed by atoms with Gasteiger partial charge < -0.3 is 16.1 Å². The number of nitrogens with one attached hydrogen (secondary N) is 2. The zero-order chi connectivity index (χ0) is 37.9. The van der Waals surface area contributed by atoms with E-state index >= 15 is 0 Å². The van der Waals surface area contributed by atoms with Crippen molar-refractivity contribution in [2.45, 2.75) is 24.9 Å². The Morgan fingerprint density at radius 2 is 0.926 bits per heavy atom. The molecule has 0 atom stereocenters. The Morgan fingerprint density at radius 3 is 1.26 bits per heavy atom. The van der Waals surface area contributed by atoms with Crippen LogP contribution >= 0.6 is 23.2 Å². The molecule has 2 aliphatic heterocycles. The fourth-order valence-corrected chi connectivity index (χ4v) is 7.09. The molecule has 2 heterocycles. The summed E-state index contributed by atoms with van der Waals surface area (Å²) >= 11 is 12.4. The van der Waals surface area contributed by atoms with Gasteiger partial charge in [0.25, 0.3) is 33.7 Å². The van der Waals surface area contributed by atoms with Gasteiger partial charge in [-0.05, 0) is 66.6 Å². The maximum Gasteiger partial charge on any atom is 0.294 e. The maximum absolute atomic E-state index is 13.5. The minimum atomic E-state index is -4.02. The first-order valence-electron chi connectivity index (χ1n) is 16.6. The third kappa shape index (κ3) is 8.37. The molecule has 0 saturated carbocycles. The van der Waals surface area contributed by atoms with Crippen molar-refractivity contribution in [1.29, 1.82) is 0 Å². The van der Waals surface area contributed by atoms with Gasteiger partial charge in [0.15, 0.2) is 0 Å². The van der Waals surface area contributed by atoms with Gasteiger partial charge in [-0.1, -0.05) is 77.3 Å². The monoisotopic (exact) mass is 790 g/mol. The molecule has 5 aromatic rings. The molecule has 15 heteroatoms. The third-order valence-corrected chi connectivity index (χ3v) is 10.6. The molecular formula is C39H36Cl2N4O8S. The first-order valence-corrected chi connectivity index (χ1v) is 18.8. The van der Waals surface area contributed by atoms with E-state index in [4.69, 9.17) is 27.8 Å². The van der Waals surface area contributed by atoms with Crippen LogP contribution in [0.15, 0.2) is 102 Å². The lowest BCUT2D eigenvalue weighted by Crippen LogP contribution is -2.46. The van der Waals surface area contributed by atoms with Crippen LogP contribution in [0.2, 0.25) is 10.0 Å². The number of aryl methyl sites for hydroxylation is 1. The van der Waals surface area contributed by atoms with Crippen molar-refractivity contribution in [1.82, 2.24) is 20.4 Å². The number of imide groups is 2. The number of rotatable bonds is 11. The van der Waals surface area contributed by atoms with Crippen molar-refractivity contribution in [2.75, 3.05) is 26.2 Å². The minimum Gasteiger partial charge on any atom is -0.412 e. The Labute approximate surface area is 321 Å². The lowest BCUT2D eigenvalue weighted by Gasteiger charge is -2.32. The second kappa shape index (κ2) is 17.0. The molecule has 0 aromatic heterocycles. The molecule has 0 spiro atoms. The van der Waals surface area contributed by atoms with Crippen molar-refractivity contribution >= 4 is 67.7 Å². The lowest BCUT2D eigenvalue weighted by atomic mass is 9.86. The van der Waals surface area contributed by atoms with Crippen molar-refractivity contribution in [3.05, 3.63) is 146 Å². The molecule has 0 saturated heterocycles. The molecule has 0 radical (unpaired) electrons. The molecule has 7 rings (SSSR count). The van der Waals surface area contributed by atoms with E-state index in [1.807, 2.05) is 43.3 Å². The summed E-state index contributed by atoms with van der Waals surface area (Å²) in [5.41, 5.74) is 3.98. The largest absolute Gasteiger partial charge is 0.412 e. The molecule has 5 aromatic carbocycles. The highest BCUT2D eigenvalue weighted by Gasteiger charge is 2.39. The summed E-state index contributed by atoms with van der Waals surface area (Å²) < 4.78 is 29.6. The smallest absolute Gasteiger partial charge is 0.294 e. The molecule has 0 fully saturated rings. The molecule has 12 nitrogen and oxygen atoms in total. The number of nitrogens with zero attached hydrogens (tertiary/aromatic N) is 2. The zero-order valence-corrected chi connectivity index (χ0v) is 31.3. The summed E-state index contributed by atoms with van der Waals surface area (Å²) in [5.74, 6) is -1.83. The number of carbonyl (C=O) groups is 4. The summed E-state index contributed by atoms with van der Waals surface area (Å²) in [6.45, 7) is 3.87. The highest BCUT2D eigenvalue weighted by molar-refractivity contribution is 7.85. The van der Waals surface area contributed by atoms with E-state index in [9.17, 15) is 27.6 Å². The highest BCUT2D eigenvalue weighted by atomic mass is 35.5. The molecule has 4 amide bonds. The van der Waals surface area contributed by atoms with Crippen LogP contribution in [0.5, 0.6) is 0 Å². The highest BCUT2D eigenvalue weighted by Crippen LogP contribution is 2.37. The minimum absolute atomic E-state index is 0. The van der Waals surface area contributed by atoms with Crippen molar-refractivity contribution < 1.29 is 37.6 Å². The molecule has 5 N–H and O–H groups in total. The van der Waals surface area contributed by atoms with Crippen LogP contribution in [-0.2, 0) is 23.2 Å². The first kappa shape index (κ1) is 40.2. The Bertz CT molecular complexity index is 2170. The molecule has 2 aliphatic rings. The van der Waals surface area contributed by atoms with Crippen LogP contribution in [0, 0.1) is 6.92 Å². The fraction of sp³-hybridized carbons (Fsp3) is 0.179. The van der Waals surface area contributed by atoms with E-state index in [1.165, 1.54) is 21.9 Å². The van der Waals surface area contributed by atoms with Crippen LogP contribution in [0.4, 0.5) is 0 Å². The molecular weight excluding hydrogens is 755 g/mol. The van der Waals surface area contributed by atoms with Gasteiger partial charge in [0, 0.05) is 82.3 Å². The summed E-state index contributed by atoms with van der Waals surface area (Å²) in [4.78, 5) is 56.2. The van der Waals surface area contributed by atoms with Crippen LogP contribution in [-0.4, -0.2) is 78.1 Å². The number of benzene rings is 5. The first-order chi connectivity index (χ1) is 25.4. The van der Waals surface area contributed by atoms with Gasteiger partial charge in [-0.3, -0.25) is 33.5 Å². The Kier molecular flexibility index (Phi) is 12.7. The zero-order valence-electron chi connectivity index (χ0n) is 28.9. The van der Waals surface area contributed by atoms with E-state index in [0.717, 1.165) is 16.7 Å². The van der Waals surface area contributed by atoms with E-state index in [-0.39, 0.29) is 23.5 Å². The number of carbonyl (C=O) groups excluding carboxylic acids is 4. The molecule has 280 valence electrons. The van der Waals surface area contributed by atoms with E-state index in [1.54, 1.807) is 48.5 Å². The van der Waals surface area contributed by atoms with Crippen LogP contribution in [0.25, 0.3) is 10.8 Å². The fourth-order valence-electron chi connectivity index (χ4n) is 6.20. The SMILES string of the molecule is Cc1ccc(S(=O)(=O)O)cc1.O.O=C1c2ccc3c4c(ccc(c24)C(=O)N1CCNCc1ccccc1Cl)C(=O)N(CCNCc1ccccc1Cl)C3=O. The molecule has 0 unspecified atom stereocenters. The number of halogens is 2. The number of hydrogen-bond donors (Lipinski definition) is 3. The second-order valence-corrected chi connectivity index (χ2v) is 14.7. The second-order valence-electron chi connectivity index (χ2n) is 12.4. The summed E-state index contributed by atoms with van der Waals surface area (Å²) in [6, 6.07) is 27.2. The van der Waals surface area contributed by atoms with Gasteiger partial charge in [0.05, 0.1) is 4.90 Å². The average Bonchev–Trinajstić information content (AvgIpc) is 3.13. The molecule has 0 aliphatic carbocycles. The van der Waals surface area contributed by atoms with Gasteiger partial charge in [-0.25, -0.2) is 0 Å². The third-order valence-electron chi connectivity index (χ3n) is 8.95. The molecule has 0 bridgehead atoms. The predicted molar refractivity (Wildman–Crippen MR) is 206 cm³/mol. The quantitative estimate of drug-likeness (QED) is 0.0904. The lowest BCUT2D eigenvalue weighted by molar-refractivity contribution is 0.0590. The molecule has 54 heavy (non-hydrogen) atoms.